The number of nitrogens with one attached hydrogen (secondary N) is 2. The molecule has 0 saturated carbocycles. The lowest BCUT2D eigenvalue weighted by atomic mass is 9.98. The summed E-state index contributed by atoms with van der Waals surface area (Å²) in [4.78, 5) is 37.9. The van der Waals surface area contributed by atoms with E-state index < -0.39 is 67.8 Å². The number of hydrogen-bond donors (Lipinski definition) is 3. The van der Waals surface area contributed by atoms with E-state index in [-0.39, 0.29) is 5.75 Å². The number of aliphatic hydroxyl groups excluding tert-OH is 1. The van der Waals surface area contributed by atoms with Crippen molar-refractivity contribution in [1.29, 1.82) is 0 Å². The van der Waals surface area contributed by atoms with Gasteiger partial charge in [0, 0.05) is 12.3 Å². The van der Waals surface area contributed by atoms with E-state index in [1.54, 1.807) is 26.0 Å². The van der Waals surface area contributed by atoms with Gasteiger partial charge in [-0.15, -0.1) is 0 Å². The van der Waals surface area contributed by atoms with Crippen molar-refractivity contribution in [2.75, 3.05) is 13.7 Å². The first kappa shape index (κ1) is 29.5. The van der Waals surface area contributed by atoms with Crippen molar-refractivity contribution in [3.63, 3.8) is 0 Å². The zero-order chi connectivity index (χ0) is 28.3. The Kier molecular flexibility index (Phi) is 9.16. The third kappa shape index (κ3) is 6.88. The monoisotopic (exact) mass is 559 g/mol. The Balaban J connectivity index is 1.81. The number of aromatic amines is 1. The van der Waals surface area contributed by atoms with E-state index >= 15 is 4.39 Å². The fraction of sp³-hybridized carbons (Fsp3) is 0.522. The van der Waals surface area contributed by atoms with Gasteiger partial charge in [0.1, 0.15) is 29.7 Å². The molecule has 3 rings (SSSR count). The number of nitrogens with zero attached hydrogens (tertiary/aromatic N) is 1. The molecule has 1 aromatic carbocycles. The second-order valence-corrected chi connectivity index (χ2v) is 10.7. The Labute approximate surface area is 217 Å². The topological polar surface area (TPSA) is 167 Å². The van der Waals surface area contributed by atoms with Gasteiger partial charge in [-0.05, 0) is 52.0 Å². The first-order chi connectivity index (χ1) is 17.8. The van der Waals surface area contributed by atoms with E-state index in [0.717, 1.165) is 23.8 Å². The number of hydrogen-bond acceptors (Lipinski definition) is 10. The molecule has 0 radical (unpaired) electrons. The molecule has 0 amide bonds. The summed E-state index contributed by atoms with van der Waals surface area (Å²) < 4.78 is 56.7. The summed E-state index contributed by atoms with van der Waals surface area (Å²) in [5.41, 5.74) is -4.15. The highest BCUT2D eigenvalue weighted by Crippen LogP contribution is 2.47. The zero-order valence-electron chi connectivity index (χ0n) is 21.5. The number of ether oxygens (including phenoxy) is 3. The summed E-state index contributed by atoms with van der Waals surface area (Å²) in [5, 5.41) is 13.1. The number of rotatable bonds is 11. The SMILES string of the molecule is COc1ccc(OP(=O)(N[C@@H](C)C(=O)OC(C)C)OC[C@H]2O[C@@H](n3ccc(=O)[nH]c3=O)C(C)(F)[C@@H]2O)cc1. The van der Waals surface area contributed by atoms with Crippen LogP contribution in [0.3, 0.4) is 0 Å². The molecule has 38 heavy (non-hydrogen) atoms. The number of H-pyrrole nitrogens is 1. The Morgan fingerprint density at radius 3 is 2.45 bits per heavy atom. The van der Waals surface area contributed by atoms with Crippen LogP contribution >= 0.6 is 7.75 Å². The molecule has 15 heteroatoms. The Bertz CT molecular complexity index is 1280. The number of alkyl halides is 1. The lowest BCUT2D eigenvalue weighted by Gasteiger charge is -2.25. The van der Waals surface area contributed by atoms with Crippen LogP contribution in [-0.2, 0) is 23.4 Å². The van der Waals surface area contributed by atoms with Gasteiger partial charge in [0.05, 0.1) is 19.8 Å². The van der Waals surface area contributed by atoms with Crippen molar-refractivity contribution in [3.05, 3.63) is 57.4 Å². The largest absolute Gasteiger partial charge is 0.497 e. The molecule has 3 N–H and O–H groups in total. The van der Waals surface area contributed by atoms with Gasteiger partial charge in [-0.3, -0.25) is 23.7 Å². The number of carbonyl (C=O) groups is 1. The number of aromatic nitrogens is 2. The lowest BCUT2D eigenvalue weighted by Crippen LogP contribution is -2.43. The molecule has 2 aromatic rings. The van der Waals surface area contributed by atoms with Gasteiger partial charge < -0.3 is 23.8 Å². The first-order valence-corrected chi connectivity index (χ1v) is 13.2. The predicted molar refractivity (Wildman–Crippen MR) is 132 cm³/mol. The predicted octanol–water partition coefficient (Wildman–Crippen LogP) is 1.67. The summed E-state index contributed by atoms with van der Waals surface area (Å²) in [6, 6.07) is 5.84. The lowest BCUT2D eigenvalue weighted by molar-refractivity contribution is -0.149. The number of methoxy groups -OCH3 is 1. The molecule has 0 bridgehead atoms. The Morgan fingerprint density at radius 1 is 1.24 bits per heavy atom. The van der Waals surface area contributed by atoms with Gasteiger partial charge >= 0.3 is 19.4 Å². The van der Waals surface area contributed by atoms with Crippen LogP contribution in [0.1, 0.15) is 33.9 Å². The first-order valence-electron chi connectivity index (χ1n) is 11.7. The van der Waals surface area contributed by atoms with Gasteiger partial charge in [0.2, 0.25) is 0 Å². The molecular formula is C23H31FN3O10P. The number of benzene rings is 1. The van der Waals surface area contributed by atoms with E-state index in [1.165, 1.54) is 26.2 Å². The molecule has 13 nitrogen and oxygen atoms in total. The minimum absolute atomic E-state index is 0.0898. The van der Waals surface area contributed by atoms with Crippen LogP contribution < -0.4 is 25.6 Å². The standard InChI is InChI=1S/C23H31FN3O10P/c1-13(2)35-20(30)14(3)26-38(32,37-16-8-6-15(33-5)7-9-16)34-12-17-19(29)23(4,24)21(36-17)27-11-10-18(28)25-22(27)31/h6-11,13-14,17,19,21,29H,12H2,1-5H3,(H,26,32)(H,25,28,31)/t14-,17+,19+,21+,23?,38?/m0/s1. The summed E-state index contributed by atoms with van der Waals surface area (Å²) in [5.74, 6) is -0.136. The summed E-state index contributed by atoms with van der Waals surface area (Å²) in [7, 11) is -2.90. The van der Waals surface area contributed by atoms with Gasteiger partial charge in [-0.2, -0.15) is 5.09 Å². The maximum absolute atomic E-state index is 15.5. The highest BCUT2D eigenvalue weighted by atomic mass is 31.2. The fourth-order valence-corrected chi connectivity index (χ4v) is 5.13. The highest BCUT2D eigenvalue weighted by molar-refractivity contribution is 7.52. The molecule has 1 saturated heterocycles. The molecule has 1 fully saturated rings. The maximum Gasteiger partial charge on any atom is 0.459 e. The minimum atomic E-state index is -4.37. The molecule has 1 aliphatic heterocycles. The fourth-order valence-electron chi connectivity index (χ4n) is 3.62. The second kappa shape index (κ2) is 11.8. The van der Waals surface area contributed by atoms with Crippen molar-refractivity contribution in [3.8, 4) is 11.5 Å². The average molecular weight is 559 g/mol. The number of aliphatic hydroxyl groups is 1. The normalized spacial score (nSPS) is 25.5. The quantitative estimate of drug-likeness (QED) is 0.271. The molecular weight excluding hydrogens is 528 g/mol. The van der Waals surface area contributed by atoms with Gasteiger partial charge in [-0.25, -0.2) is 13.8 Å². The summed E-state index contributed by atoms with van der Waals surface area (Å²) >= 11 is 0. The van der Waals surface area contributed by atoms with Gasteiger partial charge in [-0.1, -0.05) is 0 Å². The van der Waals surface area contributed by atoms with Crippen LogP contribution in [0.15, 0.2) is 46.1 Å². The molecule has 1 aromatic heterocycles. The Hall–Kier alpha value is -3.03. The number of esters is 1. The van der Waals surface area contributed by atoms with Crippen LogP contribution in [-0.4, -0.2) is 64.4 Å². The smallest absolute Gasteiger partial charge is 0.459 e. The summed E-state index contributed by atoms with van der Waals surface area (Å²) in [6.07, 6.45) is -4.29. The Morgan fingerprint density at radius 2 is 1.87 bits per heavy atom. The van der Waals surface area contributed by atoms with E-state index in [9.17, 15) is 24.1 Å². The zero-order valence-corrected chi connectivity index (χ0v) is 22.3. The molecule has 0 aliphatic carbocycles. The van der Waals surface area contributed by atoms with E-state index in [0.29, 0.717) is 5.75 Å². The average Bonchev–Trinajstić information content (AvgIpc) is 3.06. The van der Waals surface area contributed by atoms with Crippen LogP contribution in [0.4, 0.5) is 4.39 Å². The van der Waals surface area contributed by atoms with Crippen molar-refractivity contribution in [2.24, 2.45) is 0 Å². The van der Waals surface area contributed by atoms with Crippen molar-refractivity contribution in [2.45, 2.75) is 63.9 Å². The number of halogens is 1. The van der Waals surface area contributed by atoms with Crippen molar-refractivity contribution < 1.29 is 42.1 Å². The van der Waals surface area contributed by atoms with Crippen LogP contribution in [0.5, 0.6) is 11.5 Å². The molecule has 0 spiro atoms. The number of carbonyl (C=O) groups excluding carboxylic acids is 1. The molecule has 2 heterocycles. The minimum Gasteiger partial charge on any atom is -0.497 e. The van der Waals surface area contributed by atoms with E-state index in [4.69, 9.17) is 23.3 Å². The van der Waals surface area contributed by atoms with Crippen molar-refractivity contribution >= 4 is 13.7 Å². The maximum atomic E-state index is 15.5. The molecule has 6 atom stereocenters. The van der Waals surface area contributed by atoms with Crippen LogP contribution in [0.25, 0.3) is 0 Å². The van der Waals surface area contributed by atoms with E-state index in [2.05, 4.69) is 5.09 Å². The summed E-state index contributed by atoms with van der Waals surface area (Å²) in [6.45, 7) is 5.02. The van der Waals surface area contributed by atoms with E-state index in [1.807, 2.05) is 4.98 Å². The van der Waals surface area contributed by atoms with Crippen molar-refractivity contribution in [1.82, 2.24) is 14.6 Å². The third-order valence-corrected chi connectivity index (χ3v) is 7.22. The highest BCUT2D eigenvalue weighted by Gasteiger charge is 2.56. The van der Waals surface area contributed by atoms with Gasteiger partial charge in [0.15, 0.2) is 11.9 Å². The molecule has 2 unspecified atom stereocenters. The second-order valence-electron chi connectivity index (χ2n) is 9.04. The van der Waals surface area contributed by atoms with Crippen LogP contribution in [0.2, 0.25) is 0 Å². The molecule has 210 valence electrons. The molecule has 1 aliphatic rings. The van der Waals surface area contributed by atoms with Crippen LogP contribution in [0, 0.1) is 0 Å². The van der Waals surface area contributed by atoms with Gasteiger partial charge in [0.25, 0.3) is 5.56 Å². The third-order valence-electron chi connectivity index (χ3n) is 5.57.